The molecular weight excluding hydrogens is 722 g/mol. The number of amides is 3. The van der Waals surface area contributed by atoms with Crippen LogP contribution in [-0.4, -0.2) is 99.6 Å². The van der Waals surface area contributed by atoms with Crippen molar-refractivity contribution in [2.75, 3.05) is 80.7 Å². The van der Waals surface area contributed by atoms with Crippen molar-refractivity contribution in [3.8, 4) is 11.8 Å². The molecule has 0 radical (unpaired) electrons. The van der Waals surface area contributed by atoms with Crippen molar-refractivity contribution in [3.05, 3.63) is 82.2 Å². The molecule has 1 aliphatic carbocycles. The van der Waals surface area contributed by atoms with E-state index in [2.05, 4.69) is 55.3 Å². The summed E-state index contributed by atoms with van der Waals surface area (Å²) in [6, 6.07) is 17.9. The van der Waals surface area contributed by atoms with Gasteiger partial charge in [0, 0.05) is 95.0 Å². The molecule has 5 fully saturated rings. The van der Waals surface area contributed by atoms with Crippen molar-refractivity contribution in [1.29, 1.82) is 5.26 Å². The minimum atomic E-state index is -0.657. The lowest BCUT2D eigenvalue weighted by molar-refractivity contribution is -0.136. The van der Waals surface area contributed by atoms with Crippen LogP contribution in [0.1, 0.15) is 95.8 Å². The van der Waals surface area contributed by atoms with Crippen LogP contribution in [0.5, 0.6) is 5.75 Å². The van der Waals surface area contributed by atoms with Crippen molar-refractivity contribution < 1.29 is 23.5 Å². The van der Waals surface area contributed by atoms with E-state index in [1.54, 1.807) is 18.1 Å². The number of piperazine rings is 1. The van der Waals surface area contributed by atoms with Crippen molar-refractivity contribution in [1.82, 2.24) is 15.1 Å². The SMILES string of the molecule is COc1cc(N2CCN(CC3CCN(c4ccc(C5CCN(c6ccc(C#N)c(C7CC7)c6)CC5)c(F)c4)CC3)CC2)cc2c1C(=O)N(C1CCC(=O)NC1=O)C2. The van der Waals surface area contributed by atoms with Gasteiger partial charge in [-0.25, -0.2) is 4.39 Å². The number of nitrogens with zero attached hydrogens (tertiary/aromatic N) is 6. The van der Waals surface area contributed by atoms with Crippen molar-refractivity contribution in [2.45, 2.75) is 75.8 Å². The molecule has 1 unspecified atom stereocenters. The maximum atomic E-state index is 15.7. The van der Waals surface area contributed by atoms with E-state index >= 15 is 4.39 Å². The number of fused-ring (bicyclic) bond motifs is 1. The Labute approximate surface area is 334 Å². The van der Waals surface area contributed by atoms with Gasteiger partial charge in [-0.05, 0) is 116 Å². The van der Waals surface area contributed by atoms with Gasteiger partial charge >= 0.3 is 0 Å². The number of piperidine rings is 3. The topological polar surface area (TPSA) is 112 Å². The van der Waals surface area contributed by atoms with Gasteiger partial charge in [-0.1, -0.05) is 6.07 Å². The number of hydrogen-bond donors (Lipinski definition) is 1. The van der Waals surface area contributed by atoms with Crippen LogP contribution < -0.4 is 24.8 Å². The number of carbonyl (C=O) groups is 3. The highest BCUT2D eigenvalue weighted by Crippen LogP contribution is 2.44. The van der Waals surface area contributed by atoms with Gasteiger partial charge in [0.25, 0.3) is 5.91 Å². The Balaban J connectivity index is 0.744. The van der Waals surface area contributed by atoms with Gasteiger partial charge in [0.05, 0.1) is 24.3 Å². The molecule has 5 heterocycles. The number of methoxy groups -OCH3 is 1. The van der Waals surface area contributed by atoms with E-state index in [0.717, 1.165) is 113 Å². The van der Waals surface area contributed by atoms with E-state index in [4.69, 9.17) is 4.74 Å². The van der Waals surface area contributed by atoms with Gasteiger partial charge in [0.1, 0.15) is 17.6 Å². The smallest absolute Gasteiger partial charge is 0.258 e. The molecule has 5 aliphatic heterocycles. The molecule has 298 valence electrons. The molecule has 0 bridgehead atoms. The first-order valence-electron chi connectivity index (χ1n) is 20.9. The van der Waals surface area contributed by atoms with Crippen LogP contribution in [0.15, 0.2) is 48.5 Å². The maximum absolute atomic E-state index is 15.7. The first-order valence-corrected chi connectivity index (χ1v) is 20.9. The average molecular weight is 774 g/mol. The summed E-state index contributed by atoms with van der Waals surface area (Å²) >= 11 is 0. The Bertz CT molecular complexity index is 2090. The van der Waals surface area contributed by atoms with E-state index < -0.39 is 11.9 Å². The molecule has 0 spiro atoms. The van der Waals surface area contributed by atoms with Crippen LogP contribution in [0, 0.1) is 23.1 Å². The number of benzene rings is 3. The van der Waals surface area contributed by atoms with E-state index in [0.29, 0.717) is 36.1 Å². The summed E-state index contributed by atoms with van der Waals surface area (Å²) in [7, 11) is 1.57. The number of nitrogens with one attached hydrogen (secondary N) is 1. The molecule has 1 saturated carbocycles. The van der Waals surface area contributed by atoms with Crippen LogP contribution in [0.4, 0.5) is 21.5 Å². The molecule has 0 aromatic heterocycles. The number of imide groups is 1. The molecule has 9 rings (SSSR count). The Morgan fingerprint density at radius 1 is 0.754 bits per heavy atom. The molecule has 1 atom stereocenters. The van der Waals surface area contributed by atoms with E-state index in [1.807, 2.05) is 18.2 Å². The second kappa shape index (κ2) is 15.7. The fraction of sp³-hybridized carbons (Fsp3) is 0.511. The van der Waals surface area contributed by atoms with Crippen LogP contribution in [-0.2, 0) is 16.1 Å². The Morgan fingerprint density at radius 3 is 2.09 bits per heavy atom. The van der Waals surface area contributed by atoms with Crippen molar-refractivity contribution in [3.63, 3.8) is 0 Å². The van der Waals surface area contributed by atoms with Gasteiger partial charge < -0.3 is 24.3 Å². The number of halogens is 1. The van der Waals surface area contributed by atoms with Crippen LogP contribution >= 0.6 is 0 Å². The largest absolute Gasteiger partial charge is 0.496 e. The third kappa shape index (κ3) is 7.54. The van der Waals surface area contributed by atoms with Crippen LogP contribution in [0.2, 0.25) is 0 Å². The van der Waals surface area contributed by atoms with E-state index in [1.165, 1.54) is 24.1 Å². The van der Waals surface area contributed by atoms with Gasteiger partial charge in [0.2, 0.25) is 11.8 Å². The van der Waals surface area contributed by atoms with E-state index in [9.17, 15) is 19.6 Å². The zero-order chi connectivity index (χ0) is 39.2. The third-order valence-electron chi connectivity index (χ3n) is 13.5. The minimum Gasteiger partial charge on any atom is -0.496 e. The number of anilines is 3. The average Bonchev–Trinajstić information content (AvgIpc) is 4.03. The van der Waals surface area contributed by atoms with Gasteiger partial charge in [-0.15, -0.1) is 0 Å². The number of carbonyl (C=O) groups excluding carboxylic acids is 3. The molecule has 12 heteroatoms. The predicted octanol–water partition coefficient (Wildman–Crippen LogP) is 5.77. The van der Waals surface area contributed by atoms with E-state index in [-0.39, 0.29) is 30.0 Å². The zero-order valence-corrected chi connectivity index (χ0v) is 32.9. The molecular formula is C45H52FN7O4. The Morgan fingerprint density at radius 2 is 1.42 bits per heavy atom. The quantitative estimate of drug-likeness (QED) is 0.271. The number of rotatable bonds is 9. The maximum Gasteiger partial charge on any atom is 0.258 e. The highest BCUT2D eigenvalue weighted by Gasteiger charge is 2.41. The molecule has 11 nitrogen and oxygen atoms in total. The second-order valence-electron chi connectivity index (χ2n) is 16.9. The number of nitriles is 1. The first-order chi connectivity index (χ1) is 27.8. The van der Waals surface area contributed by atoms with Gasteiger partial charge in [-0.3, -0.25) is 24.6 Å². The summed E-state index contributed by atoms with van der Waals surface area (Å²) in [5.74, 6) is 0.852. The standard InChI is InChI=1S/C45H52FN7O4/c1-57-41-25-36(22-33-28-53(45(56)43(33)41)40-8-9-42(54)48-44(40)55)52-20-18-49(19-21-52)27-29-10-14-50(15-11-29)35-6-7-37(39(46)24-35)31-12-16-51(17-13-31)34-5-4-32(26-47)38(23-34)30-2-3-30/h4-7,22-25,29-31,40H,2-3,8-21,27-28H2,1H3,(H,48,54,55). The molecule has 1 N–H and O–H groups in total. The van der Waals surface area contributed by atoms with Crippen molar-refractivity contribution in [2.24, 2.45) is 5.92 Å². The molecule has 3 amide bonds. The lowest BCUT2D eigenvalue weighted by atomic mass is 9.88. The normalized spacial score (nSPS) is 22.5. The second-order valence-corrected chi connectivity index (χ2v) is 16.9. The monoisotopic (exact) mass is 773 g/mol. The minimum absolute atomic E-state index is 0.0837. The molecule has 57 heavy (non-hydrogen) atoms. The van der Waals surface area contributed by atoms with Gasteiger partial charge in [-0.2, -0.15) is 5.26 Å². The highest BCUT2D eigenvalue weighted by molar-refractivity contribution is 6.06. The summed E-state index contributed by atoms with van der Waals surface area (Å²) in [5, 5.41) is 11.9. The van der Waals surface area contributed by atoms with Gasteiger partial charge in [0.15, 0.2) is 0 Å². The summed E-state index contributed by atoms with van der Waals surface area (Å²) < 4.78 is 21.4. The highest BCUT2D eigenvalue weighted by atomic mass is 19.1. The molecule has 3 aromatic carbocycles. The Hall–Kier alpha value is -5.15. The lowest BCUT2D eigenvalue weighted by Crippen LogP contribution is -2.52. The van der Waals surface area contributed by atoms with Crippen LogP contribution in [0.25, 0.3) is 0 Å². The third-order valence-corrected chi connectivity index (χ3v) is 13.5. The Kier molecular flexibility index (Phi) is 10.3. The van der Waals surface area contributed by atoms with Crippen LogP contribution in [0.3, 0.4) is 0 Å². The molecule has 3 aromatic rings. The summed E-state index contributed by atoms with van der Waals surface area (Å²) in [4.78, 5) is 48.9. The first kappa shape index (κ1) is 37.4. The number of ether oxygens (including phenoxy) is 1. The fourth-order valence-corrected chi connectivity index (χ4v) is 10.00. The molecule has 6 aliphatic rings. The fourth-order valence-electron chi connectivity index (χ4n) is 10.00. The van der Waals surface area contributed by atoms with Crippen molar-refractivity contribution >= 4 is 34.8 Å². The summed E-state index contributed by atoms with van der Waals surface area (Å²) in [6.07, 6.45) is 6.90. The number of hydrogen-bond acceptors (Lipinski definition) is 9. The summed E-state index contributed by atoms with van der Waals surface area (Å²) in [5.41, 5.74) is 7.39. The molecule has 4 saturated heterocycles. The predicted molar refractivity (Wildman–Crippen MR) is 216 cm³/mol. The summed E-state index contributed by atoms with van der Waals surface area (Å²) in [6.45, 7) is 8.65. The lowest BCUT2D eigenvalue weighted by Gasteiger charge is -2.40. The zero-order valence-electron chi connectivity index (χ0n) is 32.9.